The number of hydrogen-bond donors (Lipinski definition) is 0. The second-order valence-electron chi connectivity index (χ2n) is 7.69. The van der Waals surface area contributed by atoms with Crippen LogP contribution in [0.3, 0.4) is 0 Å². The molecule has 4 rings (SSSR count). The Balaban J connectivity index is 1.62. The minimum absolute atomic E-state index is 0.00406. The summed E-state index contributed by atoms with van der Waals surface area (Å²) in [6.45, 7) is 2.14. The summed E-state index contributed by atoms with van der Waals surface area (Å²) in [7, 11) is -3.73. The zero-order valence-electron chi connectivity index (χ0n) is 17.9. The van der Waals surface area contributed by atoms with Gasteiger partial charge in [0.25, 0.3) is 0 Å². The van der Waals surface area contributed by atoms with E-state index >= 15 is 0 Å². The van der Waals surface area contributed by atoms with Gasteiger partial charge in [0, 0.05) is 41.2 Å². The predicted molar refractivity (Wildman–Crippen MR) is 136 cm³/mol. The van der Waals surface area contributed by atoms with Crippen LogP contribution in [0.1, 0.15) is 5.56 Å². The zero-order chi connectivity index (χ0) is 24.3. The number of rotatable bonds is 8. The van der Waals surface area contributed by atoms with Crippen molar-refractivity contribution in [3.05, 3.63) is 58.6 Å². The Kier molecular flexibility index (Phi) is 8.02. The molecule has 1 aromatic heterocycles. The molecule has 0 aliphatic carbocycles. The van der Waals surface area contributed by atoms with Crippen LogP contribution in [0.2, 0.25) is 0 Å². The Morgan fingerprint density at radius 1 is 1.06 bits per heavy atom. The van der Waals surface area contributed by atoms with E-state index in [1.54, 1.807) is 0 Å². The minimum atomic E-state index is -4.79. The molecule has 1 saturated heterocycles. The van der Waals surface area contributed by atoms with Crippen molar-refractivity contribution in [1.29, 1.82) is 0 Å². The van der Waals surface area contributed by atoms with Gasteiger partial charge in [-0.15, -0.1) is 24.5 Å². The summed E-state index contributed by atoms with van der Waals surface area (Å²) < 4.78 is 71.5. The summed E-state index contributed by atoms with van der Waals surface area (Å²) in [6.07, 6.45) is -4.79. The monoisotopic (exact) mass is 594 g/mol. The van der Waals surface area contributed by atoms with Crippen LogP contribution in [0, 0.1) is 0 Å². The highest BCUT2D eigenvalue weighted by molar-refractivity contribution is 9.10. The number of fused-ring (bicyclic) bond motifs is 1. The number of benzene rings is 2. The third-order valence-electron chi connectivity index (χ3n) is 5.33. The van der Waals surface area contributed by atoms with Crippen molar-refractivity contribution in [3.63, 3.8) is 0 Å². The maximum atomic E-state index is 13.6. The fourth-order valence-electron chi connectivity index (χ4n) is 3.60. The molecule has 2 heterocycles. The largest absolute Gasteiger partial charge is 0.573 e. The molecule has 184 valence electrons. The number of anilines is 1. The molecule has 1 aliphatic heterocycles. The zero-order valence-corrected chi connectivity index (χ0v) is 22.0. The third kappa shape index (κ3) is 6.39. The van der Waals surface area contributed by atoms with Crippen LogP contribution < -0.4 is 9.04 Å². The van der Waals surface area contributed by atoms with Crippen molar-refractivity contribution in [3.8, 4) is 5.75 Å². The predicted octanol–water partition coefficient (Wildman–Crippen LogP) is 5.95. The van der Waals surface area contributed by atoms with Gasteiger partial charge in [0.15, 0.2) is 0 Å². The van der Waals surface area contributed by atoms with E-state index in [0.717, 1.165) is 34.7 Å². The molecule has 0 unspecified atom stereocenters. The fourth-order valence-corrected chi connectivity index (χ4v) is 8.48. The lowest BCUT2D eigenvalue weighted by Crippen LogP contribution is -2.40. The topological polar surface area (TPSA) is 49.9 Å². The van der Waals surface area contributed by atoms with Gasteiger partial charge in [0.1, 0.15) is 10.8 Å². The lowest BCUT2D eigenvalue weighted by molar-refractivity contribution is -0.274. The first-order valence-electron chi connectivity index (χ1n) is 10.4. The highest BCUT2D eigenvalue weighted by Crippen LogP contribution is 2.43. The first-order chi connectivity index (χ1) is 16.1. The number of thiophene rings is 1. The molecule has 5 nitrogen and oxygen atoms in total. The van der Waals surface area contributed by atoms with E-state index in [1.807, 2.05) is 36.0 Å². The van der Waals surface area contributed by atoms with E-state index in [9.17, 15) is 21.6 Å². The Morgan fingerprint density at radius 2 is 1.74 bits per heavy atom. The summed E-state index contributed by atoms with van der Waals surface area (Å²) in [5, 5.41) is 1.45. The molecule has 0 N–H and O–H groups in total. The molecule has 3 aromatic rings. The van der Waals surface area contributed by atoms with Gasteiger partial charge in [0.2, 0.25) is 10.0 Å². The van der Waals surface area contributed by atoms with Crippen LogP contribution in [-0.2, 0) is 16.6 Å². The molecule has 0 bridgehead atoms. The van der Waals surface area contributed by atoms with Gasteiger partial charge in [-0.05, 0) is 39.7 Å². The molecule has 0 spiro atoms. The van der Waals surface area contributed by atoms with E-state index in [0.29, 0.717) is 21.6 Å². The van der Waals surface area contributed by atoms with Gasteiger partial charge >= 0.3 is 6.36 Å². The molecule has 0 radical (unpaired) electrons. The third-order valence-corrected chi connectivity index (χ3v) is 10.3. The molecule has 12 heteroatoms. The first-order valence-corrected chi connectivity index (χ1v) is 14.8. The lowest BCUT2D eigenvalue weighted by Gasteiger charge is -2.28. The van der Waals surface area contributed by atoms with Gasteiger partial charge in [0.05, 0.1) is 16.8 Å². The van der Waals surface area contributed by atoms with Crippen LogP contribution in [0.5, 0.6) is 5.75 Å². The maximum absolute atomic E-state index is 13.6. The van der Waals surface area contributed by atoms with Gasteiger partial charge in [-0.25, -0.2) is 8.42 Å². The van der Waals surface area contributed by atoms with Crippen molar-refractivity contribution in [1.82, 2.24) is 4.90 Å². The van der Waals surface area contributed by atoms with Crippen molar-refractivity contribution < 1.29 is 26.3 Å². The quantitative estimate of drug-likeness (QED) is 0.323. The van der Waals surface area contributed by atoms with Crippen LogP contribution in [0.15, 0.2) is 53.0 Å². The number of thioether (sulfide) groups is 1. The van der Waals surface area contributed by atoms with Gasteiger partial charge in [-0.2, -0.15) is 11.8 Å². The minimum Gasteiger partial charge on any atom is -0.406 e. The van der Waals surface area contributed by atoms with Crippen molar-refractivity contribution >= 4 is 64.1 Å². The summed E-state index contributed by atoms with van der Waals surface area (Å²) in [5.74, 6) is 1.57. The van der Waals surface area contributed by atoms with Crippen LogP contribution in [0.4, 0.5) is 18.2 Å². The second kappa shape index (κ2) is 10.7. The molecule has 1 fully saturated rings. The number of halogens is 4. The number of alkyl halides is 3. The highest BCUT2D eigenvalue weighted by Gasteiger charge is 2.31. The molecular weight excluding hydrogens is 573 g/mol. The number of hydrogen-bond acceptors (Lipinski definition) is 6. The van der Waals surface area contributed by atoms with Crippen molar-refractivity contribution in [2.45, 2.75) is 12.9 Å². The van der Waals surface area contributed by atoms with Crippen LogP contribution in [0.25, 0.3) is 10.1 Å². The molecular formula is C22H22BrF3N2O3S3. The summed E-state index contributed by atoms with van der Waals surface area (Å²) in [4.78, 5) is 2.15. The first kappa shape index (κ1) is 25.6. The Morgan fingerprint density at radius 3 is 2.38 bits per heavy atom. The number of ether oxygens (including phenoxy) is 1. The highest BCUT2D eigenvalue weighted by atomic mass is 79.9. The van der Waals surface area contributed by atoms with Crippen LogP contribution >= 0.6 is 39.0 Å². The fraction of sp³-hybridized carbons (Fsp3) is 0.364. The molecule has 0 atom stereocenters. The van der Waals surface area contributed by atoms with E-state index < -0.39 is 16.4 Å². The summed E-state index contributed by atoms with van der Waals surface area (Å²) in [5.41, 5.74) is 0.553. The summed E-state index contributed by atoms with van der Waals surface area (Å²) in [6, 6.07) is 12.9. The van der Waals surface area contributed by atoms with Crippen LogP contribution in [-0.4, -0.2) is 56.6 Å². The standard InChI is InChI=1S/C22H22BrF3N2O3S3/c23-20-18-3-1-2-4-19(18)33-21(20)28(34(29,30)14-11-27-9-12-32-13-10-27)15-16-5-7-17(8-6-16)31-22(24,25)26/h1-8H,9-15H2. The molecule has 2 aromatic carbocycles. The van der Waals surface area contributed by atoms with E-state index in [1.165, 1.54) is 39.9 Å². The summed E-state index contributed by atoms with van der Waals surface area (Å²) >= 11 is 6.80. The molecule has 34 heavy (non-hydrogen) atoms. The lowest BCUT2D eigenvalue weighted by atomic mass is 10.2. The SMILES string of the molecule is O=S(=O)(CCN1CCSCC1)N(Cc1ccc(OC(F)(F)F)cc1)c1sc2ccccc2c1Br. The van der Waals surface area contributed by atoms with E-state index in [2.05, 4.69) is 25.6 Å². The van der Waals surface area contributed by atoms with Gasteiger partial charge in [-0.1, -0.05) is 30.3 Å². The molecule has 1 aliphatic rings. The number of nitrogens with zero attached hydrogens (tertiary/aromatic N) is 2. The Labute approximate surface area is 213 Å². The van der Waals surface area contributed by atoms with Gasteiger partial charge < -0.3 is 9.64 Å². The molecule has 0 saturated carbocycles. The smallest absolute Gasteiger partial charge is 0.406 e. The van der Waals surface area contributed by atoms with Crippen molar-refractivity contribution in [2.75, 3.05) is 41.2 Å². The van der Waals surface area contributed by atoms with E-state index in [-0.39, 0.29) is 18.0 Å². The Hall–Kier alpha value is -1.47. The second-order valence-corrected chi connectivity index (χ2v) is 12.7. The van der Waals surface area contributed by atoms with Crippen molar-refractivity contribution in [2.24, 2.45) is 0 Å². The molecule has 0 amide bonds. The van der Waals surface area contributed by atoms with Gasteiger partial charge in [-0.3, -0.25) is 4.31 Å². The normalized spacial score (nSPS) is 15.5. The average Bonchev–Trinajstić information content (AvgIpc) is 3.13. The number of sulfonamides is 1. The average molecular weight is 596 g/mol. The maximum Gasteiger partial charge on any atom is 0.573 e. The van der Waals surface area contributed by atoms with E-state index in [4.69, 9.17) is 0 Å². The Bertz CT molecular complexity index is 1230.